The third kappa shape index (κ3) is 1.08. The first-order valence-corrected chi connectivity index (χ1v) is 5.37. The quantitative estimate of drug-likeness (QED) is 0.617. The van der Waals surface area contributed by atoms with Crippen LogP contribution in [0.2, 0.25) is 0 Å². The number of nitrogens with zero attached hydrogens (tertiary/aromatic N) is 2. The summed E-state index contributed by atoms with van der Waals surface area (Å²) in [6.45, 7) is 0. The van der Waals surface area contributed by atoms with E-state index in [0.29, 0.717) is 0 Å². The molecule has 0 bridgehead atoms. The van der Waals surface area contributed by atoms with E-state index in [-0.39, 0.29) is 0 Å². The van der Waals surface area contributed by atoms with E-state index in [1.54, 1.807) is 28.9 Å². The van der Waals surface area contributed by atoms with Crippen molar-refractivity contribution in [2.24, 2.45) is 0 Å². The van der Waals surface area contributed by atoms with Crippen molar-refractivity contribution in [3.05, 3.63) is 23.8 Å². The Morgan fingerprint density at radius 1 is 1.31 bits per heavy atom. The zero-order chi connectivity index (χ0) is 8.67. The molecule has 0 unspecified atom stereocenters. The molecule has 3 aromatic rings. The van der Waals surface area contributed by atoms with Crippen LogP contribution in [-0.2, 0) is 0 Å². The standard InChI is InChI=1S/C8H4N2OS2/c1-2-12-8-3-7(13-6(1)8)5-4-11-10-9-5/h1-4H. The van der Waals surface area contributed by atoms with Crippen molar-refractivity contribution in [3.8, 4) is 10.6 Å². The zero-order valence-electron chi connectivity index (χ0n) is 6.43. The Labute approximate surface area is 81.6 Å². The van der Waals surface area contributed by atoms with Gasteiger partial charge in [-0.1, -0.05) is 0 Å². The summed E-state index contributed by atoms with van der Waals surface area (Å²) in [6, 6.07) is 4.23. The number of hydrogen-bond acceptors (Lipinski definition) is 5. The number of fused-ring (bicyclic) bond motifs is 1. The van der Waals surface area contributed by atoms with Gasteiger partial charge in [-0.2, -0.15) is 0 Å². The smallest absolute Gasteiger partial charge is 0.153 e. The summed E-state index contributed by atoms with van der Waals surface area (Å²) in [7, 11) is 0. The Morgan fingerprint density at radius 3 is 3.08 bits per heavy atom. The van der Waals surface area contributed by atoms with Gasteiger partial charge in [-0.05, 0) is 17.5 Å². The van der Waals surface area contributed by atoms with Gasteiger partial charge in [0.05, 0.1) is 4.88 Å². The first-order valence-electron chi connectivity index (χ1n) is 3.68. The van der Waals surface area contributed by atoms with Gasteiger partial charge in [0.2, 0.25) is 0 Å². The molecule has 3 nitrogen and oxygen atoms in total. The van der Waals surface area contributed by atoms with Gasteiger partial charge in [0, 0.05) is 14.7 Å². The Balaban J connectivity index is 2.23. The molecular weight excluding hydrogens is 204 g/mol. The van der Waals surface area contributed by atoms with E-state index in [0.717, 1.165) is 10.6 Å². The van der Waals surface area contributed by atoms with Gasteiger partial charge in [-0.15, -0.1) is 27.8 Å². The predicted molar refractivity (Wildman–Crippen MR) is 53.0 cm³/mol. The summed E-state index contributed by atoms with van der Waals surface area (Å²) in [4.78, 5) is 1.11. The maximum Gasteiger partial charge on any atom is 0.153 e. The van der Waals surface area contributed by atoms with Crippen LogP contribution in [0.25, 0.3) is 20.0 Å². The molecule has 0 aliphatic carbocycles. The van der Waals surface area contributed by atoms with Crippen molar-refractivity contribution < 1.29 is 4.52 Å². The van der Waals surface area contributed by atoms with Crippen LogP contribution in [0.1, 0.15) is 0 Å². The lowest BCUT2D eigenvalue weighted by atomic mass is 10.4. The molecule has 3 heterocycles. The first-order chi connectivity index (χ1) is 6.43. The summed E-state index contributed by atoms with van der Waals surface area (Å²) in [5, 5.41) is 9.39. The van der Waals surface area contributed by atoms with Crippen molar-refractivity contribution in [1.82, 2.24) is 10.4 Å². The van der Waals surface area contributed by atoms with E-state index < -0.39 is 0 Å². The predicted octanol–water partition coefficient (Wildman–Crippen LogP) is 3.01. The van der Waals surface area contributed by atoms with Crippen molar-refractivity contribution in [1.29, 1.82) is 0 Å². The minimum atomic E-state index is 0.813. The van der Waals surface area contributed by atoms with Crippen LogP contribution in [-0.4, -0.2) is 10.4 Å². The third-order valence-electron chi connectivity index (χ3n) is 1.75. The Kier molecular flexibility index (Phi) is 1.47. The second kappa shape index (κ2) is 2.65. The topological polar surface area (TPSA) is 38.9 Å². The molecule has 0 saturated heterocycles. The summed E-state index contributed by atoms with van der Waals surface area (Å²) in [5.74, 6) is 0. The van der Waals surface area contributed by atoms with Crippen molar-refractivity contribution in [2.75, 3.05) is 0 Å². The van der Waals surface area contributed by atoms with Gasteiger partial charge in [-0.25, -0.2) is 0 Å². The van der Waals surface area contributed by atoms with Gasteiger partial charge in [-0.3, -0.25) is 0 Å². The van der Waals surface area contributed by atoms with E-state index in [1.807, 2.05) is 0 Å². The summed E-state index contributed by atoms with van der Waals surface area (Å²) in [6.07, 6.45) is 1.56. The summed E-state index contributed by atoms with van der Waals surface area (Å²) < 4.78 is 7.28. The Morgan fingerprint density at radius 2 is 2.31 bits per heavy atom. The molecule has 3 aromatic heterocycles. The molecule has 64 valence electrons. The minimum Gasteiger partial charge on any atom is -0.345 e. The fourth-order valence-corrected chi connectivity index (χ4v) is 3.22. The fourth-order valence-electron chi connectivity index (χ4n) is 1.16. The second-order valence-electron chi connectivity index (χ2n) is 2.55. The lowest BCUT2D eigenvalue weighted by molar-refractivity contribution is 0.393. The molecule has 0 aliphatic rings. The highest BCUT2D eigenvalue weighted by Gasteiger charge is 2.07. The van der Waals surface area contributed by atoms with Gasteiger partial charge in [0.15, 0.2) is 6.26 Å². The number of rotatable bonds is 1. The largest absolute Gasteiger partial charge is 0.345 e. The van der Waals surface area contributed by atoms with Crippen molar-refractivity contribution in [2.45, 2.75) is 0 Å². The van der Waals surface area contributed by atoms with Crippen LogP contribution in [0, 0.1) is 0 Å². The van der Waals surface area contributed by atoms with Gasteiger partial charge < -0.3 is 4.52 Å². The van der Waals surface area contributed by atoms with Crippen LogP contribution in [0.4, 0.5) is 0 Å². The molecule has 0 N–H and O–H groups in total. The summed E-state index contributed by atoms with van der Waals surface area (Å²) >= 11 is 3.45. The number of hydrogen-bond donors (Lipinski definition) is 0. The molecule has 5 heteroatoms. The van der Waals surface area contributed by atoms with E-state index in [2.05, 4.69) is 27.9 Å². The number of thiophene rings is 2. The molecule has 0 amide bonds. The maximum atomic E-state index is 4.69. The molecule has 0 saturated carbocycles. The molecule has 0 aliphatic heterocycles. The lowest BCUT2D eigenvalue weighted by Crippen LogP contribution is -1.69. The zero-order valence-corrected chi connectivity index (χ0v) is 8.06. The van der Waals surface area contributed by atoms with Crippen LogP contribution >= 0.6 is 22.7 Å². The highest BCUT2D eigenvalue weighted by molar-refractivity contribution is 7.28. The molecule has 0 aromatic carbocycles. The van der Waals surface area contributed by atoms with E-state index in [1.165, 1.54) is 9.40 Å². The summed E-state index contributed by atoms with van der Waals surface area (Å²) in [5.41, 5.74) is 0.813. The van der Waals surface area contributed by atoms with E-state index in [4.69, 9.17) is 4.52 Å². The molecule has 13 heavy (non-hydrogen) atoms. The van der Waals surface area contributed by atoms with E-state index in [9.17, 15) is 0 Å². The molecule has 0 fully saturated rings. The SMILES string of the molecule is c1cc2sc(-c3conn3)cc2s1. The maximum absolute atomic E-state index is 4.69. The average molecular weight is 208 g/mol. The van der Waals surface area contributed by atoms with Crippen molar-refractivity contribution >= 4 is 32.1 Å². The highest BCUT2D eigenvalue weighted by Crippen LogP contribution is 2.35. The Bertz CT molecular complexity index is 495. The molecule has 3 rings (SSSR count). The molecule has 0 spiro atoms. The molecular formula is C8H4N2OS2. The minimum absolute atomic E-state index is 0.813. The second-order valence-corrected chi connectivity index (χ2v) is 4.58. The van der Waals surface area contributed by atoms with Gasteiger partial charge in [0.1, 0.15) is 5.69 Å². The van der Waals surface area contributed by atoms with Gasteiger partial charge in [0.25, 0.3) is 0 Å². The lowest BCUT2D eigenvalue weighted by Gasteiger charge is -1.81. The molecule has 0 radical (unpaired) electrons. The highest BCUT2D eigenvalue weighted by atomic mass is 32.1. The van der Waals surface area contributed by atoms with Crippen LogP contribution in [0.5, 0.6) is 0 Å². The van der Waals surface area contributed by atoms with E-state index >= 15 is 0 Å². The van der Waals surface area contributed by atoms with Gasteiger partial charge >= 0.3 is 0 Å². The molecule has 0 atom stereocenters. The third-order valence-corrected chi connectivity index (χ3v) is 3.87. The van der Waals surface area contributed by atoms with Crippen LogP contribution in [0.15, 0.2) is 28.3 Å². The Hall–Kier alpha value is -1.20. The average Bonchev–Trinajstić information content (AvgIpc) is 2.78. The van der Waals surface area contributed by atoms with Crippen LogP contribution in [0.3, 0.4) is 0 Å². The van der Waals surface area contributed by atoms with Crippen LogP contribution < -0.4 is 0 Å². The fraction of sp³-hybridized carbons (Fsp3) is 0. The normalized spacial score (nSPS) is 11.1. The monoisotopic (exact) mass is 208 g/mol. The number of aromatic nitrogens is 2. The first kappa shape index (κ1) is 7.23. The van der Waals surface area contributed by atoms with Crippen molar-refractivity contribution in [3.63, 3.8) is 0 Å².